The Morgan fingerprint density at radius 3 is 1.47 bits per heavy atom. The number of methoxy groups -OCH3 is 2. The quantitative estimate of drug-likeness (QED) is 0.0321. The summed E-state index contributed by atoms with van der Waals surface area (Å²) in [6.07, 6.45) is 12.2. The molecule has 0 unspecified atom stereocenters. The lowest BCUT2D eigenvalue weighted by Gasteiger charge is -2.44. The molecule has 0 bridgehead atoms. The fraction of sp³-hybridized carbons (Fsp3) is 0.330. The number of ether oxygens (including phenoxy) is 2. The number of rotatable bonds is 17. The Bertz CT molecular complexity index is 5780. The van der Waals surface area contributed by atoms with Gasteiger partial charge in [0.15, 0.2) is 17.4 Å². The van der Waals surface area contributed by atoms with E-state index in [1.54, 1.807) is 24.5 Å². The number of hydrogen-bond acceptors (Lipinski definition) is 23. The summed E-state index contributed by atoms with van der Waals surface area (Å²) in [5.41, 5.74) is 18.4. The second kappa shape index (κ2) is 33.0. The molecule has 18 rings (SSSR count). The van der Waals surface area contributed by atoms with E-state index in [9.17, 15) is 44.8 Å². The Balaban J connectivity index is 0.000000163. The summed E-state index contributed by atoms with van der Waals surface area (Å²) in [6, 6.07) is 40.1. The topological polar surface area (TPSA) is 320 Å². The summed E-state index contributed by atoms with van der Waals surface area (Å²) >= 11 is 0. The number of hydrogen-bond donors (Lipinski definition) is 5. The second-order valence-electron chi connectivity index (χ2n) is 30.5. The maximum absolute atomic E-state index is 12.7. The van der Waals surface area contributed by atoms with Crippen molar-refractivity contribution in [1.29, 1.82) is 0 Å². The molecular formula is C88H89ClN12O13. The highest BCUT2D eigenvalue weighted by Crippen LogP contribution is 2.49. The SMILES string of the molecule is COC(=O)C1CN([C@H]2CCCc3c2cc2cc(-c4cccc(-c5cccc(Nc6nccc7cc(CN8CC[C@@H](O)C8)cnc67)c5C)c4C)oc2c3[N+](=O)[O-])C1.COC(=O)C1CNC1.Cc1c(Nc2nccc3cc(CN4CC[C@@H](O)C4)cnc23)cccc1-c1cccc(-c2cc3cc4c(c([N+](=O)[O-])c3o2)CCCC4=O)c1C.Cl. The van der Waals surface area contributed by atoms with Gasteiger partial charge >= 0.3 is 23.3 Å². The number of nitro groups is 2. The number of nitrogens with zero attached hydrogens (tertiary/aromatic N) is 9. The summed E-state index contributed by atoms with van der Waals surface area (Å²) in [5, 5.41) is 58.1. The van der Waals surface area contributed by atoms with Crippen molar-refractivity contribution in [1.82, 2.24) is 40.0 Å². The average Bonchev–Trinajstić information content (AvgIpc) is 1.43. The van der Waals surface area contributed by atoms with Crippen LogP contribution in [0, 0.1) is 59.8 Å². The van der Waals surface area contributed by atoms with Crippen molar-refractivity contribution >= 4 is 108 Å². The van der Waals surface area contributed by atoms with Crippen LogP contribution in [0.5, 0.6) is 0 Å². The fourth-order valence-electron chi connectivity index (χ4n) is 17.2. The minimum atomic E-state index is -0.419. The van der Waals surface area contributed by atoms with E-state index in [1.807, 2.05) is 86.0 Å². The molecule has 25 nitrogen and oxygen atoms in total. The zero-order valence-electron chi connectivity index (χ0n) is 64.3. The number of furan rings is 2. The van der Waals surface area contributed by atoms with Crippen molar-refractivity contribution in [2.75, 3.05) is 77.2 Å². The first-order valence-corrected chi connectivity index (χ1v) is 38.6. The molecule has 0 spiro atoms. The lowest BCUT2D eigenvalue weighted by molar-refractivity contribution is -0.384. The van der Waals surface area contributed by atoms with Crippen LogP contribution in [0.1, 0.15) is 105 Å². The van der Waals surface area contributed by atoms with E-state index < -0.39 is 4.92 Å². The number of halogens is 1. The number of aromatic nitrogens is 4. The summed E-state index contributed by atoms with van der Waals surface area (Å²) < 4.78 is 22.1. The third kappa shape index (κ3) is 15.4. The van der Waals surface area contributed by atoms with Gasteiger partial charge in [-0.2, -0.15) is 0 Å². The van der Waals surface area contributed by atoms with Gasteiger partial charge in [0.05, 0.1) is 48.1 Å². The van der Waals surface area contributed by atoms with E-state index in [0.29, 0.717) is 103 Å². The van der Waals surface area contributed by atoms with Crippen LogP contribution in [-0.4, -0.2) is 151 Å². The molecule has 0 radical (unpaired) electrons. The highest BCUT2D eigenvalue weighted by Gasteiger charge is 2.42. The first-order chi connectivity index (χ1) is 54.7. The number of likely N-dealkylation sites (tertiary alicyclic amines) is 3. The van der Waals surface area contributed by atoms with Gasteiger partial charge in [-0.15, -0.1) is 12.4 Å². The van der Waals surface area contributed by atoms with Crippen molar-refractivity contribution in [3.05, 3.63) is 222 Å². The van der Waals surface area contributed by atoms with Crippen LogP contribution in [0.4, 0.5) is 34.4 Å². The Hall–Kier alpha value is -11.4. The van der Waals surface area contributed by atoms with Crippen LogP contribution in [0.3, 0.4) is 0 Å². The highest BCUT2D eigenvalue weighted by atomic mass is 35.5. The minimum absolute atomic E-state index is 0. The van der Waals surface area contributed by atoms with Crippen LogP contribution < -0.4 is 16.0 Å². The molecule has 6 aromatic carbocycles. The van der Waals surface area contributed by atoms with Gasteiger partial charge in [0, 0.05) is 163 Å². The number of carbonyl (C=O) groups is 3. The molecule has 12 aromatic rings. The Morgan fingerprint density at radius 1 is 0.544 bits per heavy atom. The van der Waals surface area contributed by atoms with Crippen molar-refractivity contribution in [2.24, 2.45) is 11.8 Å². The van der Waals surface area contributed by atoms with Gasteiger partial charge in [-0.1, -0.05) is 60.7 Å². The average molecular weight is 1560 g/mol. The monoisotopic (exact) mass is 1560 g/mol. The number of esters is 2. The molecule has 586 valence electrons. The first-order valence-electron chi connectivity index (χ1n) is 38.6. The molecule has 114 heavy (non-hydrogen) atoms. The van der Waals surface area contributed by atoms with Crippen molar-refractivity contribution in [3.63, 3.8) is 0 Å². The normalized spacial score (nSPS) is 17.7. The van der Waals surface area contributed by atoms with E-state index in [4.69, 9.17) is 23.5 Å². The van der Waals surface area contributed by atoms with Gasteiger partial charge in [-0.25, -0.2) is 9.97 Å². The maximum Gasteiger partial charge on any atom is 0.316 e. The molecule has 5 N–H and O–H groups in total. The van der Waals surface area contributed by atoms with Crippen molar-refractivity contribution in [2.45, 2.75) is 110 Å². The molecule has 2 aliphatic carbocycles. The summed E-state index contributed by atoms with van der Waals surface area (Å²) in [5.74, 6) is 2.03. The summed E-state index contributed by atoms with van der Waals surface area (Å²) in [6.45, 7) is 15.6. The van der Waals surface area contributed by atoms with Crippen molar-refractivity contribution < 1.29 is 52.8 Å². The Kier molecular flexibility index (Phi) is 22.5. The molecule has 10 heterocycles. The number of aliphatic hydroxyl groups excluding tert-OH is 2. The first kappa shape index (κ1) is 77.9. The number of fused-ring (bicyclic) bond motifs is 6. The standard InChI is InChI=1S/C44H44N6O6.C39H35N5O5.C5H9NO2.ClH/c1-25-32(33-8-5-11-37(26(33)2)47-43-40-28(13-15-45-43)17-27(20-46-40)21-48-16-14-31(51)24-48)7-4-9-34(25)39-19-29-18-36-35(41(50(53)54)42(29)56-39)10-6-12-38(36)49-22-30(23-49)44(52)55-3;1-22-28(6-3-8-30(22)35-18-26-17-32-31(9-5-11-34(32)46)37(44(47)48)38(26)49-35)29-7-4-10-33(23(29)2)42-39-36-25(12-14-40-39)16-24(19-41-36)20-43-15-13-27(45)21-43;1-8-5(7)4-2-6-3-4;/h4-5,7-9,11,13,15,17-20,30-31,38,51H,6,10,12,14,16,21-24H2,1-3H3,(H,45,47);3-4,6-8,10,12,14,16-19,27,45H,5,9,11,13,15,20-21H2,1-2H3,(H,40,42);4,6H,2-3H2,1H3;1H/t31-,38+;27-;;/m11../s1. The van der Waals surface area contributed by atoms with E-state index in [0.717, 1.165) is 176 Å². The zero-order chi connectivity index (χ0) is 78.5. The van der Waals surface area contributed by atoms with Crippen LogP contribution in [0.15, 0.2) is 155 Å². The van der Waals surface area contributed by atoms with E-state index >= 15 is 0 Å². The molecule has 3 atom stereocenters. The van der Waals surface area contributed by atoms with Crippen LogP contribution >= 0.6 is 12.4 Å². The number of pyridine rings is 4. The van der Waals surface area contributed by atoms with E-state index in [1.165, 1.54) is 14.2 Å². The van der Waals surface area contributed by atoms with E-state index in [2.05, 4.69) is 109 Å². The van der Waals surface area contributed by atoms with Gasteiger partial charge in [0.1, 0.15) is 22.6 Å². The predicted octanol–water partition coefficient (Wildman–Crippen LogP) is 15.9. The lowest BCUT2D eigenvalue weighted by atomic mass is 9.82. The minimum Gasteiger partial charge on any atom is -0.469 e. The molecule has 0 amide bonds. The Morgan fingerprint density at radius 2 is 1.01 bits per heavy atom. The number of nitrogens with one attached hydrogen (secondary N) is 3. The van der Waals surface area contributed by atoms with Gasteiger partial charge in [-0.05, 0) is 195 Å². The molecule has 26 heteroatoms. The zero-order valence-corrected chi connectivity index (χ0v) is 65.1. The fourth-order valence-corrected chi connectivity index (χ4v) is 17.2. The number of Topliss-reactive ketones (excluding diaryl/α,β-unsaturated/α-hetero) is 1. The highest BCUT2D eigenvalue weighted by molar-refractivity contribution is 6.06. The van der Waals surface area contributed by atoms with Crippen molar-refractivity contribution in [3.8, 4) is 44.9 Å². The molecule has 0 saturated carbocycles. The van der Waals surface area contributed by atoms with Crippen LogP contribution in [0.2, 0.25) is 0 Å². The number of β-amino-alcohol motifs (C(OH)–C–C–N with tert-alkyl or cyclic N) is 2. The molecule has 6 aliphatic rings. The van der Waals surface area contributed by atoms with Gasteiger partial charge < -0.3 is 44.5 Å². The van der Waals surface area contributed by atoms with Crippen LogP contribution in [0.25, 0.3) is 88.6 Å². The predicted molar refractivity (Wildman–Crippen MR) is 440 cm³/mol. The van der Waals surface area contributed by atoms with Crippen LogP contribution in [-0.2, 0) is 45.0 Å². The summed E-state index contributed by atoms with van der Waals surface area (Å²) in [4.78, 5) is 85.1. The number of ketones is 1. The second-order valence-corrected chi connectivity index (χ2v) is 30.5. The third-order valence-corrected chi connectivity index (χ3v) is 23.3. The van der Waals surface area contributed by atoms with Gasteiger partial charge in [-0.3, -0.25) is 59.3 Å². The number of anilines is 4. The maximum atomic E-state index is 12.7. The Labute approximate surface area is 663 Å². The number of aliphatic hydroxyl groups is 2. The molecule has 4 saturated heterocycles. The van der Waals surface area contributed by atoms with E-state index in [-0.39, 0.29) is 82.1 Å². The summed E-state index contributed by atoms with van der Waals surface area (Å²) in [7, 11) is 2.83. The smallest absolute Gasteiger partial charge is 0.316 e. The third-order valence-electron chi connectivity index (χ3n) is 23.3. The number of nitro benzene ring substituents is 2. The number of carbonyl (C=O) groups excluding carboxylic acids is 3. The number of benzene rings is 6. The van der Waals surface area contributed by atoms with Gasteiger partial charge in [0.25, 0.3) is 0 Å². The molecule has 4 fully saturated rings. The molecule has 6 aromatic heterocycles. The lowest BCUT2D eigenvalue weighted by Crippen LogP contribution is -2.52. The van der Waals surface area contributed by atoms with Gasteiger partial charge in [0.2, 0.25) is 11.2 Å². The largest absolute Gasteiger partial charge is 0.469 e. The molecule has 4 aliphatic heterocycles. The molecular weight excluding hydrogens is 1470 g/mol.